The van der Waals surface area contributed by atoms with Gasteiger partial charge in [0, 0.05) is 32.2 Å². The van der Waals surface area contributed by atoms with E-state index in [0.717, 1.165) is 19.8 Å². The minimum absolute atomic E-state index is 1.00. The molecule has 6 nitrogen and oxygen atoms in total. The average molecular weight is 213 g/mol. The lowest BCUT2D eigenvalue weighted by Crippen LogP contribution is -2.11. The summed E-state index contributed by atoms with van der Waals surface area (Å²) in [6.45, 7) is 3.28. The van der Waals surface area contributed by atoms with E-state index in [-0.39, 0.29) is 0 Å². The van der Waals surface area contributed by atoms with E-state index in [9.17, 15) is 0 Å². The second-order valence-corrected chi connectivity index (χ2v) is 2.48. The minimum Gasteiger partial charge on any atom is -0.450 e. The van der Waals surface area contributed by atoms with Gasteiger partial charge in [0.15, 0.2) is 0 Å². The van der Waals surface area contributed by atoms with Crippen LogP contribution in [0.2, 0.25) is 0 Å². The minimum atomic E-state index is -1.83. The fraction of sp³-hybridized carbons (Fsp3) is 0.333. The summed E-state index contributed by atoms with van der Waals surface area (Å²) >= 11 is 0. The first-order valence-corrected chi connectivity index (χ1v) is 4.42. The van der Waals surface area contributed by atoms with Crippen LogP contribution in [0, 0.1) is 0 Å². The van der Waals surface area contributed by atoms with Crippen molar-refractivity contribution in [2.24, 2.45) is 0 Å². The highest BCUT2D eigenvalue weighted by Gasteiger charge is 1.90. The molecule has 15 heavy (non-hydrogen) atoms. The molecule has 1 saturated heterocycles. The Morgan fingerprint density at radius 1 is 1.07 bits per heavy atom. The molecule has 0 radical (unpaired) electrons. The number of hydrogen-bond acceptors (Lipinski definition) is 4. The Hall–Kier alpha value is -1.66. The molecule has 84 valence electrons. The smallest absolute Gasteiger partial charge is 0.450 e. The van der Waals surface area contributed by atoms with Crippen LogP contribution in [0.4, 0.5) is 4.79 Å². The van der Waals surface area contributed by atoms with Crippen LogP contribution < -0.4 is 10.6 Å². The van der Waals surface area contributed by atoms with Crippen LogP contribution in [-0.4, -0.2) is 41.1 Å². The van der Waals surface area contributed by atoms with E-state index in [1.165, 1.54) is 0 Å². The predicted octanol–water partition coefficient (Wildman–Crippen LogP) is 0.441. The van der Waals surface area contributed by atoms with Crippen LogP contribution in [0.3, 0.4) is 0 Å². The van der Waals surface area contributed by atoms with Gasteiger partial charge in [0.25, 0.3) is 0 Å². The number of carbonyl (C=O) groups is 1. The van der Waals surface area contributed by atoms with Crippen LogP contribution in [0.15, 0.2) is 30.6 Å². The molecule has 2 heterocycles. The molecule has 0 atom stereocenters. The van der Waals surface area contributed by atoms with Crippen LogP contribution >= 0.6 is 0 Å². The Kier molecular flexibility index (Phi) is 9.27. The highest BCUT2D eigenvalue weighted by Crippen LogP contribution is 1.73. The van der Waals surface area contributed by atoms with Crippen molar-refractivity contribution in [3.05, 3.63) is 30.6 Å². The molecule has 1 aliphatic rings. The number of nitrogens with one attached hydrogen (secondary N) is 2. The highest BCUT2D eigenvalue weighted by molar-refractivity contribution is 5.53. The summed E-state index contributed by atoms with van der Waals surface area (Å²) in [5, 5.41) is 20.2. The molecule has 0 bridgehead atoms. The molecule has 2 rings (SSSR count). The highest BCUT2D eigenvalue weighted by atomic mass is 16.6. The van der Waals surface area contributed by atoms with Gasteiger partial charge >= 0.3 is 6.16 Å². The Balaban J connectivity index is 0.000000202. The first-order valence-electron chi connectivity index (χ1n) is 4.42. The zero-order chi connectivity index (χ0) is 11.4. The first-order chi connectivity index (χ1) is 7.23. The van der Waals surface area contributed by atoms with Gasteiger partial charge in [-0.05, 0) is 12.1 Å². The van der Waals surface area contributed by atoms with Gasteiger partial charge in [-0.2, -0.15) is 0 Å². The fourth-order valence-electron chi connectivity index (χ4n) is 0.755. The molecule has 4 N–H and O–H groups in total. The van der Waals surface area contributed by atoms with E-state index in [1.807, 2.05) is 18.2 Å². The largest absolute Gasteiger partial charge is 0.503 e. The van der Waals surface area contributed by atoms with E-state index in [1.54, 1.807) is 12.4 Å². The van der Waals surface area contributed by atoms with Crippen LogP contribution in [-0.2, 0) is 0 Å². The molecule has 0 spiro atoms. The summed E-state index contributed by atoms with van der Waals surface area (Å²) in [6, 6.07) is 5.72. The maximum atomic E-state index is 8.56. The lowest BCUT2D eigenvalue weighted by Gasteiger charge is -1.77. The molecule has 0 unspecified atom stereocenters. The van der Waals surface area contributed by atoms with Crippen LogP contribution in [0.25, 0.3) is 0 Å². The number of rotatable bonds is 0. The summed E-state index contributed by atoms with van der Waals surface area (Å²) in [6.07, 6.45) is 1.67. The molecule has 1 aliphatic heterocycles. The SMILES string of the molecule is C1CNCN1.O=C(O)O.c1ccncc1. The molecular formula is C9H15N3O3. The molecule has 1 aromatic heterocycles. The fourth-order valence-corrected chi connectivity index (χ4v) is 0.755. The molecule has 1 fully saturated rings. The Morgan fingerprint density at radius 3 is 1.67 bits per heavy atom. The van der Waals surface area contributed by atoms with Crippen molar-refractivity contribution < 1.29 is 15.0 Å². The first kappa shape index (κ1) is 13.3. The molecule has 6 heteroatoms. The third-order valence-corrected chi connectivity index (χ3v) is 1.30. The van der Waals surface area contributed by atoms with Gasteiger partial charge in [-0.25, -0.2) is 4.79 Å². The number of pyridine rings is 1. The van der Waals surface area contributed by atoms with E-state index < -0.39 is 6.16 Å². The van der Waals surface area contributed by atoms with E-state index in [4.69, 9.17) is 15.0 Å². The Morgan fingerprint density at radius 2 is 1.53 bits per heavy atom. The van der Waals surface area contributed by atoms with Gasteiger partial charge < -0.3 is 20.8 Å². The predicted molar refractivity (Wildman–Crippen MR) is 55.8 cm³/mol. The standard InChI is InChI=1S/C5H5N.C3H8N2.CH2O3/c1-2-4-6-5-3-1;1-2-5-3-4-1;2-1(3)4/h1-5H;4-5H,1-3H2;(H2,2,3,4). The lowest BCUT2D eigenvalue weighted by molar-refractivity contribution is 0.137. The third kappa shape index (κ3) is 15.1. The molecule has 0 saturated carbocycles. The van der Waals surface area contributed by atoms with Crippen molar-refractivity contribution >= 4 is 6.16 Å². The van der Waals surface area contributed by atoms with Crippen LogP contribution in [0.5, 0.6) is 0 Å². The molecule has 0 aromatic carbocycles. The average Bonchev–Trinajstić information content (AvgIpc) is 2.77. The maximum Gasteiger partial charge on any atom is 0.503 e. The molecule has 0 aliphatic carbocycles. The summed E-state index contributed by atoms with van der Waals surface area (Å²) < 4.78 is 0. The van der Waals surface area contributed by atoms with Crippen molar-refractivity contribution in [3.8, 4) is 0 Å². The van der Waals surface area contributed by atoms with E-state index in [0.29, 0.717) is 0 Å². The second kappa shape index (κ2) is 10.4. The van der Waals surface area contributed by atoms with Crippen LogP contribution in [0.1, 0.15) is 0 Å². The number of carboxylic acid groups (broad SMARTS) is 2. The van der Waals surface area contributed by atoms with Gasteiger partial charge in [-0.15, -0.1) is 0 Å². The Labute approximate surface area is 88.0 Å². The van der Waals surface area contributed by atoms with Gasteiger partial charge in [-0.3, -0.25) is 4.98 Å². The monoisotopic (exact) mass is 213 g/mol. The van der Waals surface area contributed by atoms with E-state index >= 15 is 0 Å². The van der Waals surface area contributed by atoms with Crippen molar-refractivity contribution in [3.63, 3.8) is 0 Å². The number of nitrogens with zero attached hydrogens (tertiary/aromatic N) is 1. The number of hydrogen-bond donors (Lipinski definition) is 4. The molecule has 1 aromatic rings. The Bertz CT molecular complexity index is 201. The molecule has 0 amide bonds. The topological polar surface area (TPSA) is 94.5 Å². The normalized spacial score (nSPS) is 12.8. The number of aromatic nitrogens is 1. The molecular weight excluding hydrogens is 198 g/mol. The summed E-state index contributed by atoms with van der Waals surface area (Å²) in [5.74, 6) is 0. The van der Waals surface area contributed by atoms with E-state index in [2.05, 4.69) is 15.6 Å². The second-order valence-electron chi connectivity index (χ2n) is 2.48. The zero-order valence-corrected chi connectivity index (χ0v) is 8.26. The van der Waals surface area contributed by atoms with Gasteiger partial charge in [0.1, 0.15) is 0 Å². The summed E-state index contributed by atoms with van der Waals surface area (Å²) in [4.78, 5) is 12.3. The van der Waals surface area contributed by atoms with Crippen molar-refractivity contribution in [2.75, 3.05) is 19.8 Å². The lowest BCUT2D eigenvalue weighted by atomic mass is 10.5. The van der Waals surface area contributed by atoms with Crippen molar-refractivity contribution in [1.29, 1.82) is 0 Å². The summed E-state index contributed by atoms with van der Waals surface area (Å²) in [7, 11) is 0. The van der Waals surface area contributed by atoms with Gasteiger partial charge in [0.05, 0.1) is 0 Å². The van der Waals surface area contributed by atoms with Crippen molar-refractivity contribution in [2.45, 2.75) is 0 Å². The zero-order valence-electron chi connectivity index (χ0n) is 8.26. The quantitative estimate of drug-likeness (QED) is 0.499. The maximum absolute atomic E-state index is 8.56. The third-order valence-electron chi connectivity index (χ3n) is 1.30. The van der Waals surface area contributed by atoms with Gasteiger partial charge in [-0.1, -0.05) is 6.07 Å². The summed E-state index contributed by atoms with van der Waals surface area (Å²) in [5.41, 5.74) is 0. The van der Waals surface area contributed by atoms with Crippen molar-refractivity contribution in [1.82, 2.24) is 15.6 Å². The van der Waals surface area contributed by atoms with Gasteiger partial charge in [0.2, 0.25) is 0 Å².